The number of carbonyl (C=O) groups excluding carboxylic acids is 4. The summed E-state index contributed by atoms with van der Waals surface area (Å²) in [4.78, 5) is 59.8. The van der Waals surface area contributed by atoms with E-state index in [0.717, 1.165) is 0 Å². The minimum absolute atomic E-state index is 0.156. The van der Waals surface area contributed by atoms with Gasteiger partial charge in [-0.2, -0.15) is 12.6 Å². The Morgan fingerprint density at radius 2 is 1.44 bits per heavy atom. The second-order valence-corrected chi connectivity index (χ2v) is 8.26. The molecule has 0 aliphatic heterocycles. The van der Waals surface area contributed by atoms with Gasteiger partial charge in [0.2, 0.25) is 23.6 Å². The zero-order chi connectivity index (χ0) is 24.8. The highest BCUT2D eigenvalue weighted by Crippen LogP contribution is 2.06. The summed E-state index contributed by atoms with van der Waals surface area (Å²) in [7, 11) is 0. The van der Waals surface area contributed by atoms with Gasteiger partial charge in [-0.25, -0.2) is 4.79 Å². The molecule has 4 unspecified atom stereocenters. The molecule has 0 aliphatic carbocycles. The van der Waals surface area contributed by atoms with Gasteiger partial charge in [-0.3, -0.25) is 19.2 Å². The molecule has 0 bridgehead atoms. The van der Waals surface area contributed by atoms with Crippen molar-refractivity contribution in [1.82, 2.24) is 16.0 Å². The Labute approximate surface area is 193 Å². The number of rotatable bonds is 16. The number of hydrogen-bond acceptors (Lipinski definition) is 8. The first-order valence-electron chi connectivity index (χ1n) is 10.4. The van der Waals surface area contributed by atoms with Gasteiger partial charge in [-0.1, -0.05) is 13.8 Å². The molecule has 0 rings (SSSR count). The fourth-order valence-corrected chi connectivity index (χ4v) is 3.05. The normalized spacial score (nSPS) is 14.7. The van der Waals surface area contributed by atoms with Gasteiger partial charge >= 0.3 is 5.97 Å². The molecule has 0 saturated carbocycles. The van der Waals surface area contributed by atoms with Crippen molar-refractivity contribution in [2.45, 2.75) is 70.1 Å². The topological polar surface area (TPSA) is 220 Å². The van der Waals surface area contributed by atoms with Gasteiger partial charge in [0.1, 0.15) is 18.1 Å². The minimum Gasteiger partial charge on any atom is -0.480 e. The van der Waals surface area contributed by atoms with E-state index in [0.29, 0.717) is 25.8 Å². The maximum Gasteiger partial charge on any atom is 0.326 e. The third-order valence-electron chi connectivity index (χ3n) is 4.48. The molecular weight excluding hydrogens is 440 g/mol. The molecule has 0 aliphatic rings. The zero-order valence-corrected chi connectivity index (χ0v) is 19.4. The highest BCUT2D eigenvalue weighted by atomic mass is 32.1. The van der Waals surface area contributed by atoms with E-state index >= 15 is 0 Å². The van der Waals surface area contributed by atoms with Crippen LogP contribution >= 0.6 is 12.6 Å². The molecule has 0 aromatic rings. The van der Waals surface area contributed by atoms with Crippen molar-refractivity contribution in [2.24, 2.45) is 23.1 Å². The fraction of sp³-hybridized carbons (Fsp3) is 0.737. The van der Waals surface area contributed by atoms with Crippen LogP contribution in [0.5, 0.6) is 0 Å². The molecule has 4 amide bonds. The van der Waals surface area contributed by atoms with Crippen molar-refractivity contribution in [1.29, 1.82) is 0 Å². The number of unbranched alkanes of at least 4 members (excludes halogenated alkanes) is 1. The van der Waals surface area contributed by atoms with Gasteiger partial charge in [0.25, 0.3) is 0 Å². The summed E-state index contributed by atoms with van der Waals surface area (Å²) in [6.07, 6.45) is 1.26. The molecule has 0 heterocycles. The Balaban J connectivity index is 5.25. The van der Waals surface area contributed by atoms with Crippen molar-refractivity contribution in [3.63, 3.8) is 0 Å². The van der Waals surface area contributed by atoms with Crippen LogP contribution < -0.4 is 33.2 Å². The Kier molecular flexibility index (Phi) is 14.3. The number of nitrogens with one attached hydrogen (secondary N) is 3. The number of aliphatic carboxylic acids is 1. The maximum absolute atomic E-state index is 12.8. The van der Waals surface area contributed by atoms with Crippen LogP contribution in [0, 0.1) is 5.92 Å². The average Bonchev–Trinajstić information content (AvgIpc) is 2.69. The van der Waals surface area contributed by atoms with E-state index in [9.17, 15) is 24.0 Å². The van der Waals surface area contributed by atoms with Crippen LogP contribution in [0.25, 0.3) is 0 Å². The van der Waals surface area contributed by atoms with Crippen LogP contribution in [-0.4, -0.2) is 71.2 Å². The smallest absolute Gasteiger partial charge is 0.326 e. The monoisotopic (exact) mass is 476 g/mol. The molecule has 184 valence electrons. The molecule has 12 nitrogen and oxygen atoms in total. The summed E-state index contributed by atoms with van der Waals surface area (Å²) < 4.78 is 0. The molecule has 0 aromatic carbocycles. The molecule has 0 radical (unpaired) electrons. The van der Waals surface area contributed by atoms with Crippen LogP contribution in [0.15, 0.2) is 0 Å². The lowest BCUT2D eigenvalue weighted by molar-refractivity contribution is -0.143. The molecular formula is C19H36N6O6S. The Hall–Kier alpha value is -2.38. The van der Waals surface area contributed by atoms with Crippen molar-refractivity contribution in [3.05, 3.63) is 0 Å². The van der Waals surface area contributed by atoms with Crippen molar-refractivity contribution in [2.75, 3.05) is 12.3 Å². The lowest BCUT2D eigenvalue weighted by Crippen LogP contribution is -2.58. The van der Waals surface area contributed by atoms with Crippen LogP contribution in [0.4, 0.5) is 0 Å². The third kappa shape index (κ3) is 11.9. The summed E-state index contributed by atoms with van der Waals surface area (Å²) >= 11 is 4.03. The summed E-state index contributed by atoms with van der Waals surface area (Å²) in [6, 6.07) is -4.52. The second-order valence-electron chi connectivity index (χ2n) is 7.90. The molecule has 4 atom stereocenters. The number of amides is 4. The predicted octanol–water partition coefficient (Wildman–Crippen LogP) is -2.17. The number of nitrogens with two attached hydrogens (primary N) is 3. The van der Waals surface area contributed by atoms with Crippen LogP contribution in [-0.2, 0) is 24.0 Å². The largest absolute Gasteiger partial charge is 0.480 e. The Morgan fingerprint density at radius 3 is 1.91 bits per heavy atom. The van der Waals surface area contributed by atoms with Crippen molar-refractivity contribution in [3.8, 4) is 0 Å². The lowest BCUT2D eigenvalue weighted by Gasteiger charge is -2.24. The predicted molar refractivity (Wildman–Crippen MR) is 121 cm³/mol. The van der Waals surface area contributed by atoms with Gasteiger partial charge in [-0.05, 0) is 38.1 Å². The van der Waals surface area contributed by atoms with Gasteiger partial charge in [0.05, 0.1) is 12.5 Å². The van der Waals surface area contributed by atoms with Crippen LogP contribution in [0.3, 0.4) is 0 Å². The van der Waals surface area contributed by atoms with E-state index in [-0.39, 0.29) is 18.1 Å². The standard InChI is InChI=1S/C19H36N6O6S/c1-10(2)7-11(21)16(27)23-12(5-3-4-6-20)17(28)25-14(9-32)18(29)24-13(19(30)31)8-15(22)26/h10-14,32H,3-9,20-21H2,1-2H3,(H2,22,26)(H,23,27)(H,24,29)(H,25,28)(H,30,31). The SMILES string of the molecule is CC(C)CC(N)C(=O)NC(CCCCN)C(=O)NC(CS)C(=O)NC(CC(N)=O)C(=O)O. The quantitative estimate of drug-likeness (QED) is 0.0902. The number of hydrogen-bond donors (Lipinski definition) is 8. The van der Waals surface area contributed by atoms with Gasteiger partial charge in [0.15, 0.2) is 0 Å². The molecule has 32 heavy (non-hydrogen) atoms. The fourth-order valence-electron chi connectivity index (χ4n) is 2.80. The van der Waals surface area contributed by atoms with E-state index < -0.39 is 60.2 Å². The molecule has 0 saturated heterocycles. The number of primary amides is 1. The number of carbonyl (C=O) groups is 5. The molecule has 0 fully saturated rings. The summed E-state index contributed by atoms with van der Waals surface area (Å²) in [5.41, 5.74) is 16.4. The van der Waals surface area contributed by atoms with E-state index in [1.807, 2.05) is 13.8 Å². The number of carboxylic acids is 1. The summed E-state index contributed by atoms with van der Waals surface area (Å²) in [5.74, 6) is -4.34. The number of carboxylic acid groups (broad SMARTS) is 1. The van der Waals surface area contributed by atoms with Crippen molar-refractivity contribution >= 4 is 42.2 Å². The maximum atomic E-state index is 12.8. The van der Waals surface area contributed by atoms with Crippen LogP contribution in [0.2, 0.25) is 0 Å². The molecule has 0 spiro atoms. The molecule has 10 N–H and O–H groups in total. The molecule has 0 aromatic heterocycles. The Bertz CT molecular complexity index is 662. The first kappa shape index (κ1) is 29.6. The summed E-state index contributed by atoms with van der Waals surface area (Å²) in [6.45, 7) is 4.24. The summed E-state index contributed by atoms with van der Waals surface area (Å²) in [5, 5.41) is 16.3. The third-order valence-corrected chi connectivity index (χ3v) is 4.84. The number of thiol groups is 1. The Morgan fingerprint density at radius 1 is 0.906 bits per heavy atom. The second kappa shape index (κ2) is 15.4. The average molecular weight is 477 g/mol. The van der Waals surface area contributed by atoms with Gasteiger partial charge in [-0.15, -0.1) is 0 Å². The zero-order valence-electron chi connectivity index (χ0n) is 18.5. The first-order valence-corrected chi connectivity index (χ1v) is 11.0. The van der Waals surface area contributed by atoms with E-state index in [1.165, 1.54) is 0 Å². The van der Waals surface area contributed by atoms with Crippen molar-refractivity contribution < 1.29 is 29.1 Å². The highest BCUT2D eigenvalue weighted by molar-refractivity contribution is 7.80. The van der Waals surface area contributed by atoms with Crippen LogP contribution in [0.1, 0.15) is 46.0 Å². The lowest BCUT2D eigenvalue weighted by atomic mass is 10.0. The molecule has 13 heteroatoms. The van der Waals surface area contributed by atoms with E-state index in [1.54, 1.807) is 0 Å². The van der Waals surface area contributed by atoms with Gasteiger partial charge < -0.3 is 38.3 Å². The van der Waals surface area contributed by atoms with E-state index in [2.05, 4.69) is 28.6 Å². The minimum atomic E-state index is -1.55. The first-order chi connectivity index (χ1) is 14.9. The van der Waals surface area contributed by atoms with Gasteiger partial charge in [0, 0.05) is 5.75 Å². The highest BCUT2D eigenvalue weighted by Gasteiger charge is 2.30. The van der Waals surface area contributed by atoms with E-state index in [4.69, 9.17) is 22.3 Å².